The topological polar surface area (TPSA) is 59.6 Å². The van der Waals surface area contributed by atoms with Crippen LogP contribution in [-0.2, 0) is 11.9 Å². The summed E-state index contributed by atoms with van der Waals surface area (Å²) in [6.07, 6.45) is -3.87. The highest BCUT2D eigenvalue weighted by molar-refractivity contribution is 6.02. The van der Waals surface area contributed by atoms with E-state index >= 15 is 0 Å². The van der Waals surface area contributed by atoms with Crippen LogP contribution in [0.2, 0.25) is 0 Å². The number of benzene rings is 2. The third-order valence-electron chi connectivity index (χ3n) is 4.46. The Kier molecular flexibility index (Phi) is 3.55. The molecule has 5 nitrogen and oxygen atoms in total. The molecule has 0 saturated heterocycles. The fourth-order valence-corrected chi connectivity index (χ4v) is 2.91. The van der Waals surface area contributed by atoms with Crippen molar-refractivity contribution in [2.75, 3.05) is 0 Å². The van der Waals surface area contributed by atoms with Gasteiger partial charge in [0.15, 0.2) is 0 Å². The molecule has 0 spiro atoms. The minimum Gasteiger partial charge on any atom is -0.350 e. The standard InChI is InChI=1S/C18H14F3N3O2/c1-24-16-8-13(6-7-14(16)10-22-24)11-2-4-12(5-3-11)15-9-17(25,26-23-15)18(19,20)21/h2-8,10,25H,9H2,1H3. The monoisotopic (exact) mass is 361 g/mol. The van der Waals surface area contributed by atoms with Gasteiger partial charge in [0.1, 0.15) is 0 Å². The van der Waals surface area contributed by atoms with Gasteiger partial charge >= 0.3 is 12.0 Å². The molecular formula is C18H14F3N3O2. The highest BCUT2D eigenvalue weighted by atomic mass is 19.4. The molecule has 134 valence electrons. The third kappa shape index (κ3) is 2.62. The van der Waals surface area contributed by atoms with Crippen LogP contribution in [-0.4, -0.2) is 32.6 Å². The van der Waals surface area contributed by atoms with Crippen molar-refractivity contribution in [3.63, 3.8) is 0 Å². The van der Waals surface area contributed by atoms with Gasteiger partial charge in [0.05, 0.1) is 23.8 Å². The van der Waals surface area contributed by atoms with E-state index in [1.54, 1.807) is 35.1 Å². The fourth-order valence-electron chi connectivity index (χ4n) is 2.91. The molecule has 0 fully saturated rings. The average Bonchev–Trinajstić information content (AvgIpc) is 3.19. The maximum absolute atomic E-state index is 12.8. The van der Waals surface area contributed by atoms with Gasteiger partial charge in [-0.15, -0.1) is 0 Å². The summed E-state index contributed by atoms with van der Waals surface area (Å²) in [6.45, 7) is 0. The molecular weight excluding hydrogens is 347 g/mol. The van der Waals surface area contributed by atoms with Crippen molar-refractivity contribution in [3.05, 3.63) is 54.2 Å². The van der Waals surface area contributed by atoms with Crippen LogP contribution in [0.5, 0.6) is 0 Å². The lowest BCUT2D eigenvalue weighted by Crippen LogP contribution is -2.45. The zero-order valence-electron chi connectivity index (χ0n) is 13.7. The van der Waals surface area contributed by atoms with E-state index in [0.717, 1.165) is 22.0 Å². The number of nitrogens with zero attached hydrogens (tertiary/aromatic N) is 3. The summed E-state index contributed by atoms with van der Waals surface area (Å²) in [5.74, 6) is -3.26. The predicted molar refractivity (Wildman–Crippen MR) is 89.4 cm³/mol. The second kappa shape index (κ2) is 5.57. The molecule has 0 aliphatic carbocycles. The predicted octanol–water partition coefficient (Wildman–Crippen LogP) is 3.62. The summed E-state index contributed by atoms with van der Waals surface area (Å²) in [4.78, 5) is 4.25. The second-order valence-electron chi connectivity index (χ2n) is 6.21. The van der Waals surface area contributed by atoms with E-state index in [1.165, 1.54) is 0 Å². The van der Waals surface area contributed by atoms with E-state index < -0.39 is 18.4 Å². The zero-order chi connectivity index (χ0) is 18.5. The van der Waals surface area contributed by atoms with Crippen LogP contribution in [0.15, 0.2) is 53.8 Å². The first kappa shape index (κ1) is 16.6. The van der Waals surface area contributed by atoms with Crippen LogP contribution in [0.25, 0.3) is 22.0 Å². The lowest BCUT2D eigenvalue weighted by Gasteiger charge is -2.22. The number of rotatable bonds is 2. The van der Waals surface area contributed by atoms with Crippen LogP contribution in [0.4, 0.5) is 13.2 Å². The Balaban J connectivity index is 1.60. The molecule has 0 saturated carbocycles. The molecule has 1 aromatic heterocycles. The van der Waals surface area contributed by atoms with Crippen molar-refractivity contribution in [2.45, 2.75) is 18.4 Å². The largest absolute Gasteiger partial charge is 0.458 e. The molecule has 3 aromatic rings. The van der Waals surface area contributed by atoms with Gasteiger partial charge in [-0.25, -0.2) is 0 Å². The molecule has 1 aliphatic heterocycles. The van der Waals surface area contributed by atoms with Crippen LogP contribution in [0.1, 0.15) is 12.0 Å². The normalized spacial score (nSPS) is 20.3. The van der Waals surface area contributed by atoms with Gasteiger partial charge in [-0.3, -0.25) is 4.68 Å². The van der Waals surface area contributed by atoms with E-state index in [4.69, 9.17) is 0 Å². The van der Waals surface area contributed by atoms with Crippen molar-refractivity contribution in [1.29, 1.82) is 0 Å². The van der Waals surface area contributed by atoms with Crippen LogP contribution >= 0.6 is 0 Å². The zero-order valence-corrected chi connectivity index (χ0v) is 13.7. The molecule has 0 radical (unpaired) electrons. The van der Waals surface area contributed by atoms with Gasteiger partial charge in [0.2, 0.25) is 0 Å². The van der Waals surface area contributed by atoms with Gasteiger partial charge in [-0.05, 0) is 22.8 Å². The van der Waals surface area contributed by atoms with Crippen LogP contribution < -0.4 is 0 Å². The Morgan fingerprint density at radius 3 is 2.38 bits per heavy atom. The summed E-state index contributed by atoms with van der Waals surface area (Å²) < 4.78 is 40.2. The maximum Gasteiger partial charge on any atom is 0.458 e. The number of oxime groups is 1. The maximum atomic E-state index is 12.8. The van der Waals surface area contributed by atoms with Gasteiger partial charge in [-0.1, -0.05) is 41.6 Å². The van der Waals surface area contributed by atoms with Crippen molar-refractivity contribution >= 4 is 16.6 Å². The molecule has 1 atom stereocenters. The summed E-state index contributed by atoms with van der Waals surface area (Å²) in [6, 6.07) is 12.8. The summed E-state index contributed by atoms with van der Waals surface area (Å²) in [7, 11) is 1.86. The molecule has 1 unspecified atom stereocenters. The van der Waals surface area contributed by atoms with Crippen molar-refractivity contribution < 1.29 is 23.1 Å². The second-order valence-corrected chi connectivity index (χ2v) is 6.21. The van der Waals surface area contributed by atoms with Gasteiger partial charge in [0.25, 0.3) is 0 Å². The van der Waals surface area contributed by atoms with E-state index in [9.17, 15) is 18.3 Å². The summed E-state index contributed by atoms with van der Waals surface area (Å²) in [5, 5.41) is 18.2. The number of hydrogen-bond acceptors (Lipinski definition) is 4. The minimum absolute atomic E-state index is 0.0541. The van der Waals surface area contributed by atoms with E-state index in [0.29, 0.717) is 5.56 Å². The average molecular weight is 361 g/mol. The first-order chi connectivity index (χ1) is 12.3. The number of fused-ring (bicyclic) bond motifs is 1. The lowest BCUT2D eigenvalue weighted by atomic mass is 9.98. The number of hydrogen-bond donors (Lipinski definition) is 1. The molecule has 0 amide bonds. The van der Waals surface area contributed by atoms with Gasteiger partial charge in [-0.2, -0.15) is 18.3 Å². The van der Waals surface area contributed by atoms with Crippen LogP contribution in [0.3, 0.4) is 0 Å². The Morgan fingerprint density at radius 1 is 1.08 bits per heavy atom. The molecule has 26 heavy (non-hydrogen) atoms. The van der Waals surface area contributed by atoms with E-state index in [-0.39, 0.29) is 5.71 Å². The third-order valence-corrected chi connectivity index (χ3v) is 4.46. The molecule has 2 heterocycles. The fraction of sp³-hybridized carbons (Fsp3) is 0.222. The van der Waals surface area contributed by atoms with Crippen molar-refractivity contribution in [2.24, 2.45) is 12.2 Å². The summed E-state index contributed by atoms with van der Waals surface area (Å²) >= 11 is 0. The summed E-state index contributed by atoms with van der Waals surface area (Å²) in [5.41, 5.74) is 3.37. The molecule has 1 aliphatic rings. The highest BCUT2D eigenvalue weighted by Crippen LogP contribution is 2.39. The van der Waals surface area contributed by atoms with E-state index in [2.05, 4.69) is 15.1 Å². The molecule has 1 N–H and O–H groups in total. The van der Waals surface area contributed by atoms with Crippen molar-refractivity contribution in [3.8, 4) is 11.1 Å². The Morgan fingerprint density at radius 2 is 1.73 bits per heavy atom. The lowest BCUT2D eigenvalue weighted by molar-refractivity contribution is -0.355. The number of alkyl halides is 3. The molecule has 8 heteroatoms. The minimum atomic E-state index is -4.91. The smallest absolute Gasteiger partial charge is 0.350 e. The molecule has 0 bridgehead atoms. The van der Waals surface area contributed by atoms with Gasteiger partial charge < -0.3 is 9.94 Å². The number of aryl methyl sites for hydroxylation is 1. The number of aliphatic hydroxyl groups is 1. The number of aromatic nitrogens is 2. The van der Waals surface area contributed by atoms with E-state index in [1.807, 2.05) is 25.2 Å². The highest BCUT2D eigenvalue weighted by Gasteiger charge is 2.60. The first-order valence-electron chi connectivity index (χ1n) is 7.84. The van der Waals surface area contributed by atoms with Crippen molar-refractivity contribution in [1.82, 2.24) is 9.78 Å². The molecule has 2 aromatic carbocycles. The Bertz CT molecular complexity index is 1010. The SMILES string of the molecule is Cn1ncc2ccc(-c3ccc(C4=NOC(O)(C(F)(F)F)C4)cc3)cc21. The number of halogens is 3. The quantitative estimate of drug-likeness (QED) is 0.759. The van der Waals surface area contributed by atoms with Crippen LogP contribution in [0, 0.1) is 0 Å². The first-order valence-corrected chi connectivity index (χ1v) is 7.84. The molecule has 4 rings (SSSR count). The Labute approximate surface area is 146 Å². The Hall–Kier alpha value is -2.87. The van der Waals surface area contributed by atoms with Gasteiger partial charge in [0, 0.05) is 12.4 Å².